The van der Waals surface area contributed by atoms with Crippen molar-refractivity contribution in [2.75, 3.05) is 4.90 Å². The van der Waals surface area contributed by atoms with E-state index in [0.29, 0.717) is 5.69 Å². The number of carbonyl (C=O) groups is 2. The fourth-order valence-corrected chi connectivity index (χ4v) is 2.65. The highest BCUT2D eigenvalue weighted by molar-refractivity contribution is 6.31. The molecule has 1 saturated heterocycles. The van der Waals surface area contributed by atoms with Crippen LogP contribution in [0.25, 0.3) is 0 Å². The fraction of sp³-hybridized carbons (Fsp3) is 0.125. The summed E-state index contributed by atoms with van der Waals surface area (Å²) in [6.45, 7) is 0. The number of rotatable bonds is 2. The SMILES string of the molecule is O=C1CC(c2ccccc2)C(=O)N1c1ccc(F)c(Cl)c1. The number of carbonyl (C=O) groups excluding carboxylic acids is 2. The van der Waals surface area contributed by atoms with E-state index in [9.17, 15) is 14.0 Å². The van der Waals surface area contributed by atoms with Crippen molar-refractivity contribution in [3.8, 4) is 0 Å². The molecule has 2 aromatic carbocycles. The van der Waals surface area contributed by atoms with Crippen LogP contribution in [0.3, 0.4) is 0 Å². The van der Waals surface area contributed by atoms with Gasteiger partial charge in [-0.15, -0.1) is 0 Å². The van der Waals surface area contributed by atoms with Gasteiger partial charge in [0.25, 0.3) is 0 Å². The lowest BCUT2D eigenvalue weighted by molar-refractivity contribution is -0.121. The molecule has 0 aliphatic carbocycles. The Morgan fingerprint density at radius 3 is 2.48 bits per heavy atom. The van der Waals surface area contributed by atoms with Crippen LogP contribution in [0.1, 0.15) is 17.9 Å². The van der Waals surface area contributed by atoms with E-state index < -0.39 is 11.7 Å². The molecule has 0 radical (unpaired) electrons. The van der Waals surface area contributed by atoms with E-state index >= 15 is 0 Å². The molecule has 0 N–H and O–H groups in total. The number of hydrogen-bond acceptors (Lipinski definition) is 2. The van der Waals surface area contributed by atoms with Gasteiger partial charge in [-0.1, -0.05) is 41.9 Å². The minimum atomic E-state index is -0.584. The summed E-state index contributed by atoms with van der Waals surface area (Å²) >= 11 is 5.72. The summed E-state index contributed by atoms with van der Waals surface area (Å²) in [6, 6.07) is 12.9. The van der Waals surface area contributed by atoms with Gasteiger partial charge < -0.3 is 0 Å². The predicted octanol–water partition coefficient (Wildman–Crippen LogP) is 3.53. The fourth-order valence-electron chi connectivity index (χ4n) is 2.47. The van der Waals surface area contributed by atoms with Crippen LogP contribution < -0.4 is 4.90 Å². The maximum Gasteiger partial charge on any atom is 0.241 e. The van der Waals surface area contributed by atoms with E-state index in [4.69, 9.17) is 11.6 Å². The molecule has 1 aliphatic rings. The zero-order valence-electron chi connectivity index (χ0n) is 10.9. The molecular weight excluding hydrogens is 293 g/mol. The zero-order chi connectivity index (χ0) is 15.0. The van der Waals surface area contributed by atoms with Gasteiger partial charge in [0.2, 0.25) is 11.8 Å². The van der Waals surface area contributed by atoms with Crippen molar-refractivity contribution >= 4 is 29.1 Å². The van der Waals surface area contributed by atoms with Crippen molar-refractivity contribution in [1.29, 1.82) is 0 Å². The summed E-state index contributed by atoms with van der Waals surface area (Å²) in [7, 11) is 0. The number of amides is 2. The lowest BCUT2D eigenvalue weighted by atomic mass is 9.98. The van der Waals surface area contributed by atoms with E-state index in [0.717, 1.165) is 16.5 Å². The summed E-state index contributed by atoms with van der Waals surface area (Å²) in [5.41, 5.74) is 1.10. The van der Waals surface area contributed by atoms with Crippen molar-refractivity contribution in [2.24, 2.45) is 0 Å². The number of halogens is 2. The number of anilines is 1. The molecule has 106 valence electrons. The first-order valence-corrected chi connectivity index (χ1v) is 6.82. The van der Waals surface area contributed by atoms with Crippen molar-refractivity contribution < 1.29 is 14.0 Å². The van der Waals surface area contributed by atoms with Gasteiger partial charge in [-0.05, 0) is 23.8 Å². The summed E-state index contributed by atoms with van der Waals surface area (Å²) in [4.78, 5) is 25.7. The zero-order valence-corrected chi connectivity index (χ0v) is 11.7. The molecule has 0 spiro atoms. The van der Waals surface area contributed by atoms with Gasteiger partial charge in [-0.2, -0.15) is 0 Å². The molecule has 21 heavy (non-hydrogen) atoms. The van der Waals surface area contributed by atoms with Crippen LogP contribution in [0.4, 0.5) is 10.1 Å². The largest absolute Gasteiger partial charge is 0.274 e. The van der Waals surface area contributed by atoms with Crippen LogP contribution in [0.2, 0.25) is 5.02 Å². The predicted molar refractivity (Wildman–Crippen MR) is 77.7 cm³/mol. The van der Waals surface area contributed by atoms with Gasteiger partial charge >= 0.3 is 0 Å². The Morgan fingerprint density at radius 2 is 1.81 bits per heavy atom. The average molecular weight is 304 g/mol. The molecule has 1 atom stereocenters. The van der Waals surface area contributed by atoms with E-state index in [1.54, 1.807) is 0 Å². The van der Waals surface area contributed by atoms with Crippen LogP contribution in [0.5, 0.6) is 0 Å². The van der Waals surface area contributed by atoms with Crippen LogP contribution in [-0.4, -0.2) is 11.8 Å². The summed E-state index contributed by atoms with van der Waals surface area (Å²) in [6.07, 6.45) is 0.109. The van der Waals surface area contributed by atoms with Crippen molar-refractivity contribution in [3.63, 3.8) is 0 Å². The molecule has 0 bridgehead atoms. The first kappa shape index (κ1) is 13.8. The van der Waals surface area contributed by atoms with Crippen LogP contribution in [0.15, 0.2) is 48.5 Å². The van der Waals surface area contributed by atoms with Crippen LogP contribution >= 0.6 is 11.6 Å². The number of nitrogens with zero attached hydrogens (tertiary/aromatic N) is 1. The maximum atomic E-state index is 13.2. The lowest BCUT2D eigenvalue weighted by Gasteiger charge is -2.15. The highest BCUT2D eigenvalue weighted by atomic mass is 35.5. The van der Waals surface area contributed by atoms with Gasteiger partial charge in [0, 0.05) is 6.42 Å². The molecule has 1 fully saturated rings. The van der Waals surface area contributed by atoms with E-state index in [1.165, 1.54) is 12.1 Å². The minimum absolute atomic E-state index is 0.109. The Morgan fingerprint density at radius 1 is 1.10 bits per heavy atom. The van der Waals surface area contributed by atoms with Gasteiger partial charge in [0.15, 0.2) is 0 Å². The first-order chi connectivity index (χ1) is 10.1. The highest BCUT2D eigenvalue weighted by Crippen LogP contribution is 2.34. The summed E-state index contributed by atoms with van der Waals surface area (Å²) < 4.78 is 13.2. The topological polar surface area (TPSA) is 37.4 Å². The minimum Gasteiger partial charge on any atom is -0.274 e. The Balaban J connectivity index is 1.96. The first-order valence-electron chi connectivity index (χ1n) is 6.44. The molecule has 1 heterocycles. The molecule has 0 saturated carbocycles. The van der Waals surface area contributed by atoms with E-state index in [1.807, 2.05) is 30.3 Å². The Kier molecular flexibility index (Phi) is 3.47. The molecular formula is C16H11ClFNO2. The smallest absolute Gasteiger partial charge is 0.241 e. The van der Waals surface area contributed by atoms with Crippen LogP contribution in [0, 0.1) is 5.82 Å². The monoisotopic (exact) mass is 303 g/mol. The average Bonchev–Trinajstić information content (AvgIpc) is 2.78. The third-order valence-corrected chi connectivity index (χ3v) is 3.80. The molecule has 3 rings (SSSR count). The van der Waals surface area contributed by atoms with Gasteiger partial charge in [-0.25, -0.2) is 9.29 Å². The Hall–Kier alpha value is -2.20. The number of hydrogen-bond donors (Lipinski definition) is 0. The standard InChI is InChI=1S/C16H11ClFNO2/c17-13-8-11(6-7-14(13)18)19-15(20)9-12(16(19)21)10-4-2-1-3-5-10/h1-8,12H,9H2. The third kappa shape index (κ3) is 2.43. The lowest BCUT2D eigenvalue weighted by Crippen LogP contribution is -2.30. The molecule has 2 amide bonds. The van der Waals surface area contributed by atoms with Crippen LogP contribution in [-0.2, 0) is 9.59 Å². The maximum absolute atomic E-state index is 13.2. The molecule has 1 unspecified atom stereocenters. The van der Waals surface area contributed by atoms with Gasteiger partial charge in [0.1, 0.15) is 5.82 Å². The quantitative estimate of drug-likeness (QED) is 0.796. The number of imide groups is 1. The van der Waals surface area contributed by atoms with E-state index in [-0.39, 0.29) is 23.3 Å². The molecule has 2 aromatic rings. The Bertz CT molecular complexity index is 717. The second-order valence-corrected chi connectivity index (χ2v) is 5.24. The molecule has 0 aromatic heterocycles. The van der Waals surface area contributed by atoms with Crippen molar-refractivity contribution in [2.45, 2.75) is 12.3 Å². The third-order valence-electron chi connectivity index (χ3n) is 3.51. The second-order valence-electron chi connectivity index (χ2n) is 4.83. The molecule has 3 nitrogen and oxygen atoms in total. The molecule has 1 aliphatic heterocycles. The second kappa shape index (κ2) is 5.30. The normalized spacial score (nSPS) is 18.4. The molecule has 5 heteroatoms. The highest BCUT2D eigenvalue weighted by Gasteiger charge is 2.40. The van der Waals surface area contributed by atoms with Crippen molar-refractivity contribution in [3.05, 3.63) is 64.9 Å². The van der Waals surface area contributed by atoms with E-state index in [2.05, 4.69) is 0 Å². The number of benzene rings is 2. The summed E-state index contributed by atoms with van der Waals surface area (Å²) in [5.74, 6) is -1.70. The van der Waals surface area contributed by atoms with Crippen molar-refractivity contribution in [1.82, 2.24) is 0 Å². The van der Waals surface area contributed by atoms with Gasteiger partial charge in [0.05, 0.1) is 16.6 Å². The summed E-state index contributed by atoms with van der Waals surface area (Å²) in [5, 5.41) is -0.115. The van der Waals surface area contributed by atoms with Gasteiger partial charge in [-0.3, -0.25) is 9.59 Å². The Labute approximate surface area is 125 Å².